The van der Waals surface area contributed by atoms with Crippen LogP contribution in [0.1, 0.15) is 19.5 Å². The quantitative estimate of drug-likeness (QED) is 0.815. The monoisotopic (exact) mass is 269 g/mol. The predicted octanol–water partition coefficient (Wildman–Crippen LogP) is 3.36. The second-order valence-corrected chi connectivity index (χ2v) is 5.21. The Morgan fingerprint density at radius 1 is 1.35 bits per heavy atom. The third kappa shape index (κ3) is 2.99. The van der Waals surface area contributed by atoms with Crippen molar-refractivity contribution >= 4 is 16.6 Å². The van der Waals surface area contributed by atoms with Crippen LogP contribution in [0.2, 0.25) is 0 Å². The van der Waals surface area contributed by atoms with Crippen LogP contribution in [0.15, 0.2) is 43.0 Å². The second kappa shape index (κ2) is 6.53. The van der Waals surface area contributed by atoms with E-state index in [2.05, 4.69) is 54.9 Å². The van der Waals surface area contributed by atoms with Crippen LogP contribution < -0.4 is 10.2 Å². The number of nitrogens with zero attached hydrogens (tertiary/aromatic N) is 2. The minimum absolute atomic E-state index is 0.418. The Labute approximate surface area is 121 Å². The molecule has 0 amide bonds. The van der Waals surface area contributed by atoms with Gasteiger partial charge in [0.25, 0.3) is 0 Å². The Morgan fingerprint density at radius 2 is 2.10 bits per heavy atom. The second-order valence-electron chi connectivity index (χ2n) is 5.21. The summed E-state index contributed by atoms with van der Waals surface area (Å²) in [4.78, 5) is 7.07. The fourth-order valence-electron chi connectivity index (χ4n) is 2.45. The molecule has 1 heterocycles. The zero-order valence-corrected chi connectivity index (χ0v) is 12.6. The summed E-state index contributed by atoms with van der Waals surface area (Å²) in [5.74, 6) is 0. The number of anilines is 1. The van der Waals surface area contributed by atoms with Gasteiger partial charge in [-0.1, -0.05) is 24.3 Å². The maximum Gasteiger partial charge on any atom is 0.0726 e. The predicted molar refractivity (Wildman–Crippen MR) is 87.2 cm³/mol. The van der Waals surface area contributed by atoms with Gasteiger partial charge in [0.2, 0.25) is 0 Å². The van der Waals surface area contributed by atoms with Crippen LogP contribution in [0, 0.1) is 0 Å². The molecule has 0 aliphatic rings. The molecule has 0 unspecified atom stereocenters. The smallest absolute Gasteiger partial charge is 0.0726 e. The molecule has 0 fully saturated rings. The van der Waals surface area contributed by atoms with Gasteiger partial charge in [-0.3, -0.25) is 4.98 Å². The standard InChI is InChI=1S/C17H23N3/c1-5-10-20(13(2)3)17-11-14(12-18-4)19-16-9-7-6-8-15(16)17/h5-9,11,13,18H,1,10,12H2,2-4H3. The molecule has 3 nitrogen and oxygen atoms in total. The van der Waals surface area contributed by atoms with E-state index in [4.69, 9.17) is 4.98 Å². The van der Waals surface area contributed by atoms with Crippen molar-refractivity contribution in [1.29, 1.82) is 0 Å². The van der Waals surface area contributed by atoms with Gasteiger partial charge in [0, 0.05) is 30.2 Å². The summed E-state index contributed by atoms with van der Waals surface area (Å²) in [6, 6.07) is 10.9. The van der Waals surface area contributed by atoms with Crippen LogP contribution in [0.5, 0.6) is 0 Å². The maximum absolute atomic E-state index is 4.71. The fraction of sp³-hybridized carbons (Fsp3) is 0.353. The third-order valence-electron chi connectivity index (χ3n) is 3.36. The molecule has 106 valence electrons. The van der Waals surface area contributed by atoms with E-state index in [1.165, 1.54) is 11.1 Å². The summed E-state index contributed by atoms with van der Waals surface area (Å²) in [5, 5.41) is 4.37. The first-order valence-corrected chi connectivity index (χ1v) is 7.08. The Bertz CT molecular complexity index is 590. The zero-order chi connectivity index (χ0) is 14.5. The van der Waals surface area contributed by atoms with E-state index < -0.39 is 0 Å². The van der Waals surface area contributed by atoms with Crippen LogP contribution >= 0.6 is 0 Å². The van der Waals surface area contributed by atoms with Crippen LogP contribution in [-0.2, 0) is 6.54 Å². The summed E-state index contributed by atoms with van der Waals surface area (Å²) in [6.07, 6.45) is 1.95. The van der Waals surface area contributed by atoms with Gasteiger partial charge in [-0.05, 0) is 33.0 Å². The molecular weight excluding hydrogens is 246 g/mol. The van der Waals surface area contributed by atoms with Crippen molar-refractivity contribution in [3.05, 3.63) is 48.7 Å². The molecule has 1 N–H and O–H groups in total. The van der Waals surface area contributed by atoms with Crippen molar-refractivity contribution in [3.63, 3.8) is 0 Å². The Balaban J connectivity index is 2.61. The number of fused-ring (bicyclic) bond motifs is 1. The van der Waals surface area contributed by atoms with E-state index in [1.54, 1.807) is 0 Å². The van der Waals surface area contributed by atoms with Crippen LogP contribution in [-0.4, -0.2) is 24.6 Å². The first kappa shape index (κ1) is 14.5. The lowest BCUT2D eigenvalue weighted by molar-refractivity contribution is 0.722. The van der Waals surface area contributed by atoms with Crippen molar-refractivity contribution in [1.82, 2.24) is 10.3 Å². The van der Waals surface area contributed by atoms with Gasteiger partial charge < -0.3 is 10.2 Å². The summed E-state index contributed by atoms with van der Waals surface area (Å²) < 4.78 is 0. The van der Waals surface area contributed by atoms with Crippen molar-refractivity contribution < 1.29 is 0 Å². The largest absolute Gasteiger partial charge is 0.365 e. The molecular formula is C17H23N3. The number of pyridine rings is 1. The summed E-state index contributed by atoms with van der Waals surface area (Å²) in [6.45, 7) is 9.90. The summed E-state index contributed by atoms with van der Waals surface area (Å²) >= 11 is 0. The molecule has 1 aromatic heterocycles. The number of hydrogen-bond donors (Lipinski definition) is 1. The minimum Gasteiger partial charge on any atom is -0.365 e. The highest BCUT2D eigenvalue weighted by molar-refractivity contribution is 5.92. The number of nitrogens with one attached hydrogen (secondary N) is 1. The SMILES string of the molecule is C=CCN(c1cc(CNC)nc2ccccc12)C(C)C. The molecule has 0 spiro atoms. The molecule has 20 heavy (non-hydrogen) atoms. The molecule has 0 aliphatic heterocycles. The van der Waals surface area contributed by atoms with Gasteiger partial charge in [-0.2, -0.15) is 0 Å². The van der Waals surface area contributed by atoms with Crippen molar-refractivity contribution in [3.8, 4) is 0 Å². The Morgan fingerprint density at radius 3 is 2.75 bits per heavy atom. The summed E-state index contributed by atoms with van der Waals surface area (Å²) in [5.41, 5.74) is 3.34. The van der Waals surface area contributed by atoms with Gasteiger partial charge in [0.1, 0.15) is 0 Å². The molecule has 1 aromatic carbocycles. The van der Waals surface area contributed by atoms with E-state index >= 15 is 0 Å². The highest BCUT2D eigenvalue weighted by Gasteiger charge is 2.14. The molecule has 0 bridgehead atoms. The number of benzene rings is 1. The lowest BCUT2D eigenvalue weighted by Crippen LogP contribution is -2.31. The van der Waals surface area contributed by atoms with Gasteiger partial charge in [0.15, 0.2) is 0 Å². The topological polar surface area (TPSA) is 28.2 Å². The van der Waals surface area contributed by atoms with Gasteiger partial charge in [-0.25, -0.2) is 0 Å². The normalized spacial score (nSPS) is 11.0. The molecule has 0 saturated carbocycles. The molecule has 0 saturated heterocycles. The Hall–Kier alpha value is -1.87. The van der Waals surface area contributed by atoms with E-state index in [9.17, 15) is 0 Å². The van der Waals surface area contributed by atoms with Gasteiger partial charge in [-0.15, -0.1) is 6.58 Å². The van der Waals surface area contributed by atoms with Crippen molar-refractivity contribution in [2.45, 2.75) is 26.4 Å². The molecule has 2 aromatic rings. The average molecular weight is 269 g/mol. The van der Waals surface area contributed by atoms with Crippen molar-refractivity contribution in [2.24, 2.45) is 0 Å². The fourth-order valence-corrected chi connectivity index (χ4v) is 2.45. The zero-order valence-electron chi connectivity index (χ0n) is 12.6. The maximum atomic E-state index is 4.71. The molecule has 0 radical (unpaired) electrons. The number of para-hydroxylation sites is 1. The first-order valence-electron chi connectivity index (χ1n) is 7.08. The Kier molecular flexibility index (Phi) is 4.74. The van der Waals surface area contributed by atoms with E-state index in [0.717, 1.165) is 24.3 Å². The van der Waals surface area contributed by atoms with Crippen molar-refractivity contribution in [2.75, 3.05) is 18.5 Å². The minimum atomic E-state index is 0.418. The van der Waals surface area contributed by atoms with Gasteiger partial charge in [0.05, 0.1) is 11.2 Å². The molecule has 0 aliphatic carbocycles. The number of aromatic nitrogens is 1. The molecule has 3 heteroatoms. The highest BCUT2D eigenvalue weighted by atomic mass is 15.1. The lowest BCUT2D eigenvalue weighted by Gasteiger charge is -2.29. The van der Waals surface area contributed by atoms with E-state index in [1.807, 2.05) is 19.2 Å². The van der Waals surface area contributed by atoms with Crippen LogP contribution in [0.3, 0.4) is 0 Å². The number of hydrogen-bond acceptors (Lipinski definition) is 3. The summed E-state index contributed by atoms with van der Waals surface area (Å²) in [7, 11) is 1.94. The van der Waals surface area contributed by atoms with E-state index in [-0.39, 0.29) is 0 Å². The highest BCUT2D eigenvalue weighted by Crippen LogP contribution is 2.28. The van der Waals surface area contributed by atoms with Gasteiger partial charge >= 0.3 is 0 Å². The number of rotatable bonds is 6. The average Bonchev–Trinajstić information content (AvgIpc) is 2.44. The third-order valence-corrected chi connectivity index (χ3v) is 3.36. The van der Waals surface area contributed by atoms with Crippen LogP contribution in [0.25, 0.3) is 10.9 Å². The first-order chi connectivity index (χ1) is 9.67. The molecule has 0 atom stereocenters. The molecule has 2 rings (SSSR count). The lowest BCUT2D eigenvalue weighted by atomic mass is 10.1. The van der Waals surface area contributed by atoms with Crippen LogP contribution in [0.4, 0.5) is 5.69 Å². The van der Waals surface area contributed by atoms with E-state index in [0.29, 0.717) is 6.04 Å².